The Bertz CT molecular complexity index is 548. The third kappa shape index (κ3) is 3.45. The summed E-state index contributed by atoms with van der Waals surface area (Å²) in [6.07, 6.45) is 4.98. The highest BCUT2D eigenvalue weighted by Gasteiger charge is 2.15. The molecule has 0 fully saturated rings. The number of hydrogen-bond acceptors (Lipinski definition) is 2. The van der Waals surface area contributed by atoms with Crippen molar-refractivity contribution in [2.75, 3.05) is 6.54 Å². The van der Waals surface area contributed by atoms with Crippen molar-refractivity contribution in [3.05, 3.63) is 51.8 Å². The monoisotopic (exact) mass is 321 g/mol. The maximum Gasteiger partial charge on any atom is 0.0522 e. The zero-order valence-electron chi connectivity index (χ0n) is 11.7. The van der Waals surface area contributed by atoms with Crippen LogP contribution in [0.25, 0.3) is 0 Å². The van der Waals surface area contributed by atoms with Gasteiger partial charge in [-0.05, 0) is 42.6 Å². The number of aromatic nitrogens is 2. The maximum absolute atomic E-state index is 4.24. The van der Waals surface area contributed by atoms with Crippen molar-refractivity contribution < 1.29 is 0 Å². The van der Waals surface area contributed by atoms with E-state index in [0.717, 1.165) is 13.0 Å². The Kier molecular flexibility index (Phi) is 4.77. The van der Waals surface area contributed by atoms with Gasteiger partial charge in [0.15, 0.2) is 0 Å². The van der Waals surface area contributed by atoms with Crippen LogP contribution < -0.4 is 5.32 Å². The molecule has 19 heavy (non-hydrogen) atoms. The van der Waals surface area contributed by atoms with E-state index in [0.29, 0.717) is 6.04 Å². The Labute approximate surface area is 123 Å². The van der Waals surface area contributed by atoms with Gasteiger partial charge in [-0.25, -0.2) is 0 Å². The van der Waals surface area contributed by atoms with E-state index in [1.54, 1.807) is 0 Å². The highest BCUT2D eigenvalue weighted by Crippen LogP contribution is 2.26. The molecular weight excluding hydrogens is 302 g/mol. The summed E-state index contributed by atoms with van der Waals surface area (Å²) in [4.78, 5) is 0. The third-order valence-corrected chi connectivity index (χ3v) is 4.19. The zero-order chi connectivity index (χ0) is 13.8. The topological polar surface area (TPSA) is 29.9 Å². The first-order valence-electron chi connectivity index (χ1n) is 6.57. The van der Waals surface area contributed by atoms with E-state index in [2.05, 4.69) is 64.6 Å². The van der Waals surface area contributed by atoms with E-state index in [4.69, 9.17) is 0 Å². The van der Waals surface area contributed by atoms with Gasteiger partial charge < -0.3 is 5.32 Å². The minimum Gasteiger partial charge on any atom is -0.310 e. The molecule has 0 saturated carbocycles. The van der Waals surface area contributed by atoms with Crippen molar-refractivity contribution in [1.29, 1.82) is 0 Å². The van der Waals surface area contributed by atoms with E-state index in [9.17, 15) is 0 Å². The molecule has 0 spiro atoms. The van der Waals surface area contributed by atoms with E-state index in [1.807, 2.05) is 17.9 Å². The molecule has 2 rings (SSSR count). The molecule has 0 radical (unpaired) electrons. The van der Waals surface area contributed by atoms with Crippen molar-refractivity contribution in [2.45, 2.75) is 26.3 Å². The van der Waals surface area contributed by atoms with Gasteiger partial charge in [-0.15, -0.1) is 0 Å². The summed E-state index contributed by atoms with van der Waals surface area (Å²) in [5.74, 6) is 0. The van der Waals surface area contributed by atoms with Crippen molar-refractivity contribution in [1.82, 2.24) is 15.1 Å². The molecule has 1 aromatic heterocycles. The average Bonchev–Trinajstić information content (AvgIpc) is 2.78. The molecule has 3 nitrogen and oxygen atoms in total. The van der Waals surface area contributed by atoms with Crippen LogP contribution in [0.4, 0.5) is 0 Å². The Balaban J connectivity index is 2.26. The molecule has 0 aliphatic carbocycles. The number of likely N-dealkylation sites (N-methyl/N-ethyl adjacent to an activating group) is 1. The van der Waals surface area contributed by atoms with Crippen LogP contribution in [0, 0.1) is 6.92 Å². The lowest BCUT2D eigenvalue weighted by molar-refractivity contribution is 0.547. The molecule has 102 valence electrons. The van der Waals surface area contributed by atoms with Gasteiger partial charge in [-0.2, -0.15) is 5.10 Å². The van der Waals surface area contributed by atoms with E-state index >= 15 is 0 Å². The zero-order valence-corrected chi connectivity index (χ0v) is 13.2. The predicted octanol–water partition coefficient (Wildman–Crippen LogP) is 3.38. The molecular formula is C15H20BrN3. The predicted molar refractivity (Wildman–Crippen MR) is 82.2 cm³/mol. The van der Waals surface area contributed by atoms with Crippen molar-refractivity contribution in [3.63, 3.8) is 0 Å². The highest BCUT2D eigenvalue weighted by atomic mass is 79.9. The lowest BCUT2D eigenvalue weighted by atomic mass is 9.96. The van der Waals surface area contributed by atoms with E-state index < -0.39 is 0 Å². The molecule has 1 aromatic carbocycles. The number of benzene rings is 1. The summed E-state index contributed by atoms with van der Waals surface area (Å²) in [7, 11) is 1.95. The molecule has 0 amide bonds. The molecule has 4 heteroatoms. The normalized spacial score (nSPS) is 12.6. The molecule has 1 atom stereocenters. The number of halogens is 1. The van der Waals surface area contributed by atoms with Crippen LogP contribution in [0.15, 0.2) is 35.1 Å². The largest absolute Gasteiger partial charge is 0.310 e. The maximum atomic E-state index is 4.24. The summed E-state index contributed by atoms with van der Waals surface area (Å²) in [5, 5.41) is 7.81. The second-order valence-corrected chi connectivity index (χ2v) is 5.65. The second kappa shape index (κ2) is 6.35. The van der Waals surface area contributed by atoms with Crippen molar-refractivity contribution in [3.8, 4) is 0 Å². The quantitative estimate of drug-likeness (QED) is 0.914. The first-order chi connectivity index (χ1) is 9.11. The minimum atomic E-state index is 0.326. The molecule has 0 bridgehead atoms. The summed E-state index contributed by atoms with van der Waals surface area (Å²) in [6.45, 7) is 5.26. The lowest BCUT2D eigenvalue weighted by Gasteiger charge is -2.20. The fourth-order valence-corrected chi connectivity index (χ4v) is 2.73. The van der Waals surface area contributed by atoms with Crippen LogP contribution in [-0.2, 0) is 13.5 Å². The van der Waals surface area contributed by atoms with Crippen LogP contribution >= 0.6 is 15.9 Å². The third-order valence-electron chi connectivity index (χ3n) is 3.33. The SMILES string of the molecule is CCNC(Cc1cnn(C)c1)c1cccc(Br)c1C. The summed E-state index contributed by atoms with van der Waals surface area (Å²) in [6, 6.07) is 6.71. The number of nitrogens with one attached hydrogen (secondary N) is 1. The van der Waals surface area contributed by atoms with E-state index in [1.165, 1.54) is 21.2 Å². The number of aryl methyl sites for hydroxylation is 1. The van der Waals surface area contributed by atoms with Gasteiger partial charge in [0.05, 0.1) is 6.20 Å². The Morgan fingerprint density at radius 2 is 2.21 bits per heavy atom. The summed E-state index contributed by atoms with van der Waals surface area (Å²) >= 11 is 3.61. The molecule has 1 unspecified atom stereocenters. The fourth-order valence-electron chi connectivity index (χ4n) is 2.35. The minimum absolute atomic E-state index is 0.326. The van der Waals surface area contributed by atoms with Gasteiger partial charge in [-0.1, -0.05) is 35.0 Å². The second-order valence-electron chi connectivity index (χ2n) is 4.79. The standard InChI is InChI=1S/C15H20BrN3/c1-4-17-15(8-12-9-18-19(3)10-12)13-6-5-7-14(16)11(13)2/h5-7,9-10,15,17H,4,8H2,1-3H3. The molecule has 1 heterocycles. The Hall–Kier alpha value is -1.13. The van der Waals surface area contributed by atoms with Crippen LogP contribution in [-0.4, -0.2) is 16.3 Å². The van der Waals surface area contributed by atoms with Gasteiger partial charge >= 0.3 is 0 Å². The fraction of sp³-hybridized carbons (Fsp3) is 0.400. The first kappa shape index (κ1) is 14.3. The number of rotatable bonds is 5. The van der Waals surface area contributed by atoms with Gasteiger partial charge in [0.1, 0.15) is 0 Å². The molecule has 0 saturated heterocycles. The number of nitrogens with zero attached hydrogens (tertiary/aromatic N) is 2. The van der Waals surface area contributed by atoms with Crippen LogP contribution in [0.2, 0.25) is 0 Å². The smallest absolute Gasteiger partial charge is 0.0522 e. The van der Waals surface area contributed by atoms with Crippen LogP contribution in [0.3, 0.4) is 0 Å². The average molecular weight is 322 g/mol. The lowest BCUT2D eigenvalue weighted by Crippen LogP contribution is -2.23. The number of hydrogen-bond donors (Lipinski definition) is 1. The van der Waals surface area contributed by atoms with Gasteiger partial charge in [-0.3, -0.25) is 4.68 Å². The molecule has 0 aliphatic heterocycles. The van der Waals surface area contributed by atoms with E-state index in [-0.39, 0.29) is 0 Å². The Morgan fingerprint density at radius 1 is 1.42 bits per heavy atom. The van der Waals surface area contributed by atoms with Crippen LogP contribution in [0.1, 0.15) is 29.7 Å². The Morgan fingerprint density at radius 3 is 2.84 bits per heavy atom. The van der Waals surface area contributed by atoms with Gasteiger partial charge in [0.2, 0.25) is 0 Å². The highest BCUT2D eigenvalue weighted by molar-refractivity contribution is 9.10. The molecule has 1 N–H and O–H groups in total. The van der Waals surface area contributed by atoms with Gasteiger partial charge in [0, 0.05) is 23.8 Å². The first-order valence-corrected chi connectivity index (χ1v) is 7.37. The van der Waals surface area contributed by atoms with Gasteiger partial charge in [0.25, 0.3) is 0 Å². The van der Waals surface area contributed by atoms with Crippen LogP contribution in [0.5, 0.6) is 0 Å². The van der Waals surface area contributed by atoms with Crippen molar-refractivity contribution in [2.24, 2.45) is 7.05 Å². The van der Waals surface area contributed by atoms with Crippen molar-refractivity contribution >= 4 is 15.9 Å². The summed E-state index contributed by atoms with van der Waals surface area (Å²) in [5.41, 5.74) is 3.91. The molecule has 0 aliphatic rings. The summed E-state index contributed by atoms with van der Waals surface area (Å²) < 4.78 is 3.02. The molecule has 2 aromatic rings.